The van der Waals surface area contributed by atoms with Crippen LogP contribution in [0, 0.1) is 0 Å². The molecule has 0 bridgehead atoms. The maximum atomic E-state index is 4.44. The summed E-state index contributed by atoms with van der Waals surface area (Å²) in [5, 5.41) is 4.42. The summed E-state index contributed by atoms with van der Waals surface area (Å²) in [4.78, 5) is 13.9. The summed E-state index contributed by atoms with van der Waals surface area (Å²) in [5.74, 6) is 0.905. The highest BCUT2D eigenvalue weighted by molar-refractivity contribution is 9.10. The van der Waals surface area contributed by atoms with E-state index >= 15 is 0 Å². The predicted molar refractivity (Wildman–Crippen MR) is 94.0 cm³/mol. The third-order valence-electron chi connectivity index (χ3n) is 4.48. The highest BCUT2D eigenvalue weighted by atomic mass is 79.9. The van der Waals surface area contributed by atoms with Crippen molar-refractivity contribution in [3.63, 3.8) is 0 Å². The molecule has 1 saturated heterocycles. The van der Waals surface area contributed by atoms with E-state index in [0.29, 0.717) is 6.04 Å². The lowest BCUT2D eigenvalue weighted by Gasteiger charge is -2.40. The van der Waals surface area contributed by atoms with Crippen molar-refractivity contribution >= 4 is 27.3 Å². The Bertz CT molecular complexity index is 579. The quantitative estimate of drug-likeness (QED) is 0.808. The molecule has 0 spiro atoms. The maximum Gasteiger partial charge on any atom is 0.145 e. The summed E-state index contributed by atoms with van der Waals surface area (Å²) in [6, 6.07) is 3.01. The first-order chi connectivity index (χ1) is 10.6. The van der Waals surface area contributed by atoms with Crippen LogP contribution < -0.4 is 0 Å². The molecular weight excluding hydrogens is 360 g/mol. The first-order valence-electron chi connectivity index (χ1n) is 7.63. The molecule has 0 aliphatic carbocycles. The van der Waals surface area contributed by atoms with Crippen molar-refractivity contribution in [3.8, 4) is 0 Å². The minimum atomic E-state index is 0.270. The molecule has 0 N–H and O–H groups in total. The SMILES string of the molecule is C[C@H](c1ccsc1)N1CCN([C@@H](C)c2ncc(Br)cn2)CC1. The van der Waals surface area contributed by atoms with Crippen LogP contribution in [-0.4, -0.2) is 45.9 Å². The monoisotopic (exact) mass is 380 g/mol. The van der Waals surface area contributed by atoms with Gasteiger partial charge in [-0.25, -0.2) is 9.97 Å². The lowest BCUT2D eigenvalue weighted by Crippen LogP contribution is -2.47. The minimum absolute atomic E-state index is 0.270. The van der Waals surface area contributed by atoms with Gasteiger partial charge in [-0.05, 0) is 52.2 Å². The van der Waals surface area contributed by atoms with Gasteiger partial charge in [-0.2, -0.15) is 11.3 Å². The van der Waals surface area contributed by atoms with Crippen LogP contribution in [0.3, 0.4) is 0 Å². The van der Waals surface area contributed by atoms with E-state index in [0.717, 1.165) is 36.5 Å². The Morgan fingerprint density at radius 3 is 2.18 bits per heavy atom. The second-order valence-electron chi connectivity index (χ2n) is 5.74. The molecule has 6 heteroatoms. The second kappa shape index (κ2) is 7.17. The Morgan fingerprint density at radius 1 is 1.05 bits per heavy atom. The Kier molecular flexibility index (Phi) is 5.23. The third kappa shape index (κ3) is 3.56. The molecule has 0 amide bonds. The van der Waals surface area contributed by atoms with E-state index in [4.69, 9.17) is 0 Å². The molecule has 3 rings (SSSR count). The maximum absolute atomic E-state index is 4.44. The molecule has 3 heterocycles. The molecule has 2 atom stereocenters. The van der Waals surface area contributed by atoms with E-state index in [9.17, 15) is 0 Å². The molecule has 0 aromatic carbocycles. The fraction of sp³-hybridized carbons (Fsp3) is 0.500. The van der Waals surface area contributed by atoms with Crippen LogP contribution >= 0.6 is 27.3 Å². The number of thiophene rings is 1. The van der Waals surface area contributed by atoms with Crippen LogP contribution in [0.5, 0.6) is 0 Å². The molecule has 0 saturated carbocycles. The van der Waals surface area contributed by atoms with Crippen LogP contribution in [0.4, 0.5) is 0 Å². The van der Waals surface area contributed by atoms with Crippen LogP contribution in [0.15, 0.2) is 33.7 Å². The van der Waals surface area contributed by atoms with Gasteiger partial charge >= 0.3 is 0 Å². The number of hydrogen-bond acceptors (Lipinski definition) is 5. The molecule has 118 valence electrons. The number of piperazine rings is 1. The van der Waals surface area contributed by atoms with E-state index in [1.807, 2.05) is 12.4 Å². The van der Waals surface area contributed by atoms with Crippen molar-refractivity contribution < 1.29 is 0 Å². The van der Waals surface area contributed by atoms with Crippen LogP contribution in [-0.2, 0) is 0 Å². The normalized spacial score (nSPS) is 20.0. The van der Waals surface area contributed by atoms with Crippen LogP contribution in [0.2, 0.25) is 0 Å². The number of nitrogens with zero attached hydrogens (tertiary/aromatic N) is 4. The largest absolute Gasteiger partial charge is 0.294 e. The fourth-order valence-corrected chi connectivity index (χ4v) is 3.89. The zero-order valence-corrected chi connectivity index (χ0v) is 15.3. The topological polar surface area (TPSA) is 32.3 Å². The highest BCUT2D eigenvalue weighted by Crippen LogP contribution is 2.26. The van der Waals surface area contributed by atoms with Gasteiger partial charge in [0.15, 0.2) is 0 Å². The Morgan fingerprint density at radius 2 is 1.64 bits per heavy atom. The molecule has 1 fully saturated rings. The first kappa shape index (κ1) is 16.1. The standard InChI is InChI=1S/C16H21BrN4S/c1-12(14-3-8-22-11-14)20-4-6-21(7-5-20)13(2)16-18-9-15(17)10-19-16/h3,8-13H,4-7H2,1-2H3/t12-,13+/m1/s1. The molecule has 1 aliphatic rings. The van der Waals surface area contributed by atoms with Gasteiger partial charge in [0.25, 0.3) is 0 Å². The molecule has 22 heavy (non-hydrogen) atoms. The number of hydrogen-bond donors (Lipinski definition) is 0. The summed E-state index contributed by atoms with van der Waals surface area (Å²) in [6.45, 7) is 8.82. The average molecular weight is 381 g/mol. The predicted octanol–water partition coefficient (Wildman–Crippen LogP) is 3.74. The Labute approximate surface area is 144 Å². The van der Waals surface area contributed by atoms with Crippen molar-refractivity contribution in [1.29, 1.82) is 0 Å². The van der Waals surface area contributed by atoms with E-state index < -0.39 is 0 Å². The molecule has 0 radical (unpaired) electrons. The molecule has 2 aromatic rings. The summed E-state index contributed by atoms with van der Waals surface area (Å²) in [5.41, 5.74) is 1.43. The van der Waals surface area contributed by atoms with Gasteiger partial charge < -0.3 is 0 Å². The van der Waals surface area contributed by atoms with Crippen LogP contribution in [0.25, 0.3) is 0 Å². The summed E-state index contributed by atoms with van der Waals surface area (Å²) in [6.07, 6.45) is 3.65. The summed E-state index contributed by atoms with van der Waals surface area (Å²) >= 11 is 5.17. The second-order valence-corrected chi connectivity index (χ2v) is 7.44. The van der Waals surface area contributed by atoms with Gasteiger partial charge in [-0.1, -0.05) is 0 Å². The van der Waals surface area contributed by atoms with E-state index in [1.54, 1.807) is 11.3 Å². The molecule has 4 nitrogen and oxygen atoms in total. The van der Waals surface area contributed by atoms with E-state index in [2.05, 4.69) is 66.4 Å². The Hall–Kier alpha value is -0.820. The highest BCUT2D eigenvalue weighted by Gasteiger charge is 2.26. The zero-order valence-electron chi connectivity index (χ0n) is 12.9. The lowest BCUT2D eigenvalue weighted by atomic mass is 10.1. The van der Waals surface area contributed by atoms with E-state index in [1.165, 1.54) is 5.56 Å². The average Bonchev–Trinajstić information content (AvgIpc) is 3.09. The molecule has 0 unspecified atom stereocenters. The van der Waals surface area contributed by atoms with Gasteiger partial charge in [0, 0.05) is 44.6 Å². The smallest absolute Gasteiger partial charge is 0.145 e. The van der Waals surface area contributed by atoms with Gasteiger partial charge in [0.05, 0.1) is 10.5 Å². The lowest BCUT2D eigenvalue weighted by molar-refractivity contribution is 0.0759. The minimum Gasteiger partial charge on any atom is -0.294 e. The van der Waals surface area contributed by atoms with Gasteiger partial charge in [0.2, 0.25) is 0 Å². The number of aromatic nitrogens is 2. The van der Waals surface area contributed by atoms with Crippen molar-refractivity contribution in [1.82, 2.24) is 19.8 Å². The summed E-state index contributed by atoms with van der Waals surface area (Å²) < 4.78 is 0.929. The molecule has 1 aliphatic heterocycles. The van der Waals surface area contributed by atoms with Crippen LogP contribution in [0.1, 0.15) is 37.3 Å². The third-order valence-corrected chi connectivity index (χ3v) is 5.59. The molecular formula is C16H21BrN4S. The van der Waals surface area contributed by atoms with Gasteiger partial charge in [-0.15, -0.1) is 0 Å². The number of halogens is 1. The van der Waals surface area contributed by atoms with Crippen molar-refractivity contribution in [2.75, 3.05) is 26.2 Å². The van der Waals surface area contributed by atoms with Crippen molar-refractivity contribution in [3.05, 3.63) is 45.1 Å². The zero-order chi connectivity index (χ0) is 15.5. The van der Waals surface area contributed by atoms with E-state index in [-0.39, 0.29) is 6.04 Å². The van der Waals surface area contributed by atoms with Crippen molar-refractivity contribution in [2.45, 2.75) is 25.9 Å². The fourth-order valence-electron chi connectivity index (χ4n) is 2.94. The number of rotatable bonds is 4. The Balaban J connectivity index is 1.58. The van der Waals surface area contributed by atoms with Gasteiger partial charge in [-0.3, -0.25) is 9.80 Å². The molecule has 2 aromatic heterocycles. The van der Waals surface area contributed by atoms with Crippen molar-refractivity contribution in [2.24, 2.45) is 0 Å². The first-order valence-corrected chi connectivity index (χ1v) is 9.36. The summed E-state index contributed by atoms with van der Waals surface area (Å²) in [7, 11) is 0. The van der Waals surface area contributed by atoms with Gasteiger partial charge in [0.1, 0.15) is 5.82 Å².